The molecule has 1 heterocycles. The van der Waals surface area contributed by atoms with Gasteiger partial charge >= 0.3 is 5.38 Å². The Balaban J connectivity index is 2.51. The molecular formula is C7H9ClF2O2. The lowest BCUT2D eigenvalue weighted by atomic mass is 9.98. The molecule has 0 aliphatic carbocycles. The third-order valence-corrected chi connectivity index (χ3v) is 2.00. The number of ether oxygens (including phenoxy) is 1. The van der Waals surface area contributed by atoms with Gasteiger partial charge in [-0.25, -0.2) is 0 Å². The summed E-state index contributed by atoms with van der Waals surface area (Å²) in [7, 11) is 0. The minimum atomic E-state index is -3.73. The summed E-state index contributed by atoms with van der Waals surface area (Å²) < 4.78 is 29.4. The lowest BCUT2D eigenvalue weighted by Gasteiger charge is -2.22. The Hall–Kier alpha value is -0.220. The van der Waals surface area contributed by atoms with Crippen molar-refractivity contribution >= 4 is 17.4 Å². The molecule has 1 unspecified atom stereocenters. The Bertz CT molecular complexity index is 173. The first-order chi connectivity index (χ1) is 5.52. The molecule has 1 saturated heterocycles. The first-order valence-electron chi connectivity index (χ1n) is 3.70. The van der Waals surface area contributed by atoms with Gasteiger partial charge in [0.2, 0.25) is 5.78 Å². The summed E-state index contributed by atoms with van der Waals surface area (Å²) in [4.78, 5) is 10.9. The second kappa shape index (κ2) is 3.66. The number of carbonyl (C=O) groups excluding carboxylic acids is 1. The maximum absolute atomic E-state index is 12.3. The van der Waals surface area contributed by atoms with E-state index in [1.54, 1.807) is 0 Å². The van der Waals surface area contributed by atoms with Crippen LogP contribution >= 0.6 is 11.6 Å². The summed E-state index contributed by atoms with van der Waals surface area (Å²) in [6, 6.07) is 0. The second-order valence-electron chi connectivity index (χ2n) is 2.78. The van der Waals surface area contributed by atoms with Crippen molar-refractivity contribution in [3.8, 4) is 0 Å². The maximum Gasteiger partial charge on any atom is 0.380 e. The van der Waals surface area contributed by atoms with E-state index in [9.17, 15) is 13.6 Å². The summed E-state index contributed by atoms with van der Waals surface area (Å²) in [6.45, 7) is 0.610. The minimum Gasteiger partial charge on any atom is -0.381 e. The fourth-order valence-corrected chi connectivity index (χ4v) is 1.33. The Morgan fingerprint density at radius 1 is 1.58 bits per heavy atom. The number of carbonyl (C=O) groups is 1. The lowest BCUT2D eigenvalue weighted by molar-refractivity contribution is -0.141. The molecule has 0 saturated carbocycles. The van der Waals surface area contributed by atoms with Gasteiger partial charge in [-0.2, -0.15) is 8.78 Å². The van der Waals surface area contributed by atoms with Gasteiger partial charge in [0.1, 0.15) is 0 Å². The number of rotatable bonds is 2. The molecule has 5 heteroatoms. The standard InChI is InChI=1S/C7H9ClF2O2/c8-7(9,10)6(11)5-2-1-3-12-4-5/h5H,1-4H2. The Morgan fingerprint density at radius 2 is 2.25 bits per heavy atom. The highest BCUT2D eigenvalue weighted by Crippen LogP contribution is 2.27. The van der Waals surface area contributed by atoms with Crippen molar-refractivity contribution in [1.82, 2.24) is 0 Å². The molecule has 1 aliphatic heterocycles. The number of halogens is 3. The predicted molar refractivity (Wildman–Crippen MR) is 39.4 cm³/mol. The molecule has 0 N–H and O–H groups in total. The molecule has 1 atom stereocenters. The first kappa shape index (κ1) is 9.86. The van der Waals surface area contributed by atoms with E-state index in [-0.39, 0.29) is 6.61 Å². The molecule has 0 spiro atoms. The number of hydrogen-bond donors (Lipinski definition) is 0. The molecule has 12 heavy (non-hydrogen) atoms. The van der Waals surface area contributed by atoms with Crippen molar-refractivity contribution in [2.45, 2.75) is 18.2 Å². The van der Waals surface area contributed by atoms with Crippen LogP contribution in [0.15, 0.2) is 0 Å². The van der Waals surface area contributed by atoms with Crippen molar-refractivity contribution in [3.63, 3.8) is 0 Å². The SMILES string of the molecule is O=C(C1CCCOC1)C(F)(F)Cl. The van der Waals surface area contributed by atoms with E-state index in [0.717, 1.165) is 0 Å². The van der Waals surface area contributed by atoms with Crippen LogP contribution in [0.2, 0.25) is 0 Å². The molecule has 70 valence electrons. The van der Waals surface area contributed by atoms with Gasteiger partial charge in [0, 0.05) is 12.5 Å². The van der Waals surface area contributed by atoms with Gasteiger partial charge in [-0.1, -0.05) is 0 Å². The molecule has 1 aliphatic rings. The molecule has 0 radical (unpaired) electrons. The van der Waals surface area contributed by atoms with Crippen molar-refractivity contribution in [1.29, 1.82) is 0 Å². The molecule has 0 aromatic carbocycles. The topological polar surface area (TPSA) is 26.3 Å². The lowest BCUT2D eigenvalue weighted by Crippen LogP contribution is -2.34. The van der Waals surface area contributed by atoms with Crippen LogP contribution in [0.5, 0.6) is 0 Å². The average Bonchev–Trinajstić information content (AvgIpc) is 2.03. The molecule has 0 aromatic heterocycles. The van der Waals surface area contributed by atoms with Gasteiger partial charge in [0.05, 0.1) is 6.61 Å². The smallest absolute Gasteiger partial charge is 0.380 e. The van der Waals surface area contributed by atoms with Gasteiger partial charge in [-0.15, -0.1) is 0 Å². The second-order valence-corrected chi connectivity index (χ2v) is 3.25. The molecular weight excluding hydrogens is 190 g/mol. The van der Waals surface area contributed by atoms with Crippen LogP contribution in [-0.2, 0) is 9.53 Å². The van der Waals surface area contributed by atoms with Crippen molar-refractivity contribution in [2.75, 3.05) is 13.2 Å². The number of Topliss-reactive ketones (excluding diaryl/α,β-unsaturated/α-hetero) is 1. The Kier molecular flexibility index (Phi) is 3.01. The summed E-state index contributed by atoms with van der Waals surface area (Å²) in [5.41, 5.74) is 0. The van der Waals surface area contributed by atoms with Gasteiger partial charge in [-0.05, 0) is 24.4 Å². The maximum atomic E-state index is 12.3. The van der Waals surface area contributed by atoms with Gasteiger partial charge < -0.3 is 4.74 Å². The third-order valence-electron chi connectivity index (χ3n) is 1.81. The van der Waals surface area contributed by atoms with E-state index in [4.69, 9.17) is 4.74 Å². The third kappa shape index (κ3) is 2.38. The molecule has 0 aromatic rings. The van der Waals surface area contributed by atoms with Gasteiger partial charge in [0.25, 0.3) is 0 Å². The molecule has 1 rings (SSSR count). The summed E-state index contributed by atoms with van der Waals surface area (Å²) in [5.74, 6) is -1.95. The fraction of sp³-hybridized carbons (Fsp3) is 0.857. The van der Waals surface area contributed by atoms with Crippen LogP contribution in [-0.4, -0.2) is 24.4 Å². The average molecular weight is 199 g/mol. The summed E-state index contributed by atoms with van der Waals surface area (Å²) in [5, 5.41) is -3.73. The van der Waals surface area contributed by atoms with Crippen LogP contribution in [0, 0.1) is 5.92 Å². The van der Waals surface area contributed by atoms with E-state index >= 15 is 0 Å². The molecule has 1 fully saturated rings. The van der Waals surface area contributed by atoms with E-state index < -0.39 is 17.1 Å². The zero-order valence-electron chi connectivity index (χ0n) is 6.36. The van der Waals surface area contributed by atoms with E-state index in [1.165, 1.54) is 0 Å². The van der Waals surface area contributed by atoms with Crippen LogP contribution in [0.4, 0.5) is 8.78 Å². The Morgan fingerprint density at radius 3 is 2.67 bits per heavy atom. The summed E-state index contributed by atoms with van der Waals surface area (Å²) >= 11 is 4.58. The zero-order valence-corrected chi connectivity index (χ0v) is 7.11. The largest absolute Gasteiger partial charge is 0.381 e. The van der Waals surface area contributed by atoms with Gasteiger partial charge in [-0.3, -0.25) is 4.79 Å². The van der Waals surface area contributed by atoms with Gasteiger partial charge in [0.15, 0.2) is 0 Å². The molecule has 0 bridgehead atoms. The number of hydrogen-bond acceptors (Lipinski definition) is 2. The van der Waals surface area contributed by atoms with Crippen molar-refractivity contribution in [3.05, 3.63) is 0 Å². The quantitative estimate of drug-likeness (QED) is 0.633. The highest BCUT2D eigenvalue weighted by Gasteiger charge is 2.41. The zero-order chi connectivity index (χ0) is 9.19. The van der Waals surface area contributed by atoms with Crippen LogP contribution in [0.25, 0.3) is 0 Å². The van der Waals surface area contributed by atoms with Crippen molar-refractivity contribution in [2.24, 2.45) is 5.92 Å². The highest BCUT2D eigenvalue weighted by molar-refractivity contribution is 6.32. The minimum absolute atomic E-state index is 0.0706. The molecule has 2 nitrogen and oxygen atoms in total. The monoisotopic (exact) mass is 198 g/mol. The normalized spacial score (nSPS) is 25.4. The van der Waals surface area contributed by atoms with E-state index in [0.29, 0.717) is 19.4 Å². The first-order valence-corrected chi connectivity index (χ1v) is 4.08. The van der Waals surface area contributed by atoms with E-state index in [1.807, 2.05) is 0 Å². The van der Waals surface area contributed by atoms with Crippen LogP contribution in [0.3, 0.4) is 0 Å². The number of alkyl halides is 3. The fourth-order valence-electron chi connectivity index (χ4n) is 1.18. The summed E-state index contributed by atoms with van der Waals surface area (Å²) in [6.07, 6.45) is 1.09. The highest BCUT2D eigenvalue weighted by atomic mass is 35.5. The molecule has 0 amide bonds. The Labute approximate surface area is 73.8 Å². The van der Waals surface area contributed by atoms with E-state index in [2.05, 4.69) is 11.6 Å². The van der Waals surface area contributed by atoms with Crippen molar-refractivity contribution < 1.29 is 18.3 Å². The predicted octanol–water partition coefficient (Wildman–Crippen LogP) is 1.81. The van der Waals surface area contributed by atoms with Crippen LogP contribution in [0.1, 0.15) is 12.8 Å². The number of ketones is 1. The van der Waals surface area contributed by atoms with Crippen LogP contribution < -0.4 is 0 Å².